The summed E-state index contributed by atoms with van der Waals surface area (Å²) in [6, 6.07) is 14.3. The predicted octanol–water partition coefficient (Wildman–Crippen LogP) is 4.09. The van der Waals surface area contributed by atoms with Gasteiger partial charge in [-0.2, -0.15) is 0 Å². The number of H-pyrrole nitrogens is 1. The molecule has 0 saturated carbocycles. The third kappa shape index (κ3) is 2.78. The van der Waals surface area contributed by atoms with E-state index in [4.69, 9.17) is 5.84 Å². The van der Waals surface area contributed by atoms with Gasteiger partial charge in [0.2, 0.25) is 0 Å². The maximum atomic E-state index is 5.58. The van der Waals surface area contributed by atoms with Gasteiger partial charge >= 0.3 is 0 Å². The fraction of sp³-hybridized carbons (Fsp3) is 0.167. The van der Waals surface area contributed by atoms with Crippen molar-refractivity contribution in [1.29, 1.82) is 0 Å². The number of hydrogen-bond donors (Lipinski definition) is 3. The van der Waals surface area contributed by atoms with Crippen LogP contribution in [0.5, 0.6) is 0 Å². The Morgan fingerprint density at radius 1 is 1.04 bits per heavy atom. The van der Waals surface area contributed by atoms with E-state index < -0.39 is 0 Å². The van der Waals surface area contributed by atoms with E-state index in [1.807, 2.05) is 25.1 Å². The molecule has 0 spiro atoms. The zero-order valence-electron chi connectivity index (χ0n) is 13.6. The van der Waals surface area contributed by atoms with Crippen LogP contribution in [-0.2, 0) is 0 Å². The topological polar surface area (TPSA) is 70.0 Å². The Balaban J connectivity index is 2.25. The number of nitrogens with two attached hydrogens (primary N) is 1. The van der Waals surface area contributed by atoms with Crippen LogP contribution in [0.2, 0.25) is 0 Å². The monoisotopic (exact) mass is 307 g/mol. The SMILES string of the molecule is Cc1cccc(C)c1N(c1cccc(NN)c1)c1nc[nH]c1C. The van der Waals surface area contributed by atoms with Gasteiger partial charge in [0.25, 0.3) is 0 Å². The second kappa shape index (κ2) is 6.14. The van der Waals surface area contributed by atoms with Crippen LogP contribution in [0.4, 0.5) is 22.9 Å². The van der Waals surface area contributed by atoms with Crippen molar-refractivity contribution in [3.8, 4) is 0 Å². The third-order valence-electron chi connectivity index (χ3n) is 3.95. The van der Waals surface area contributed by atoms with E-state index in [1.165, 1.54) is 11.1 Å². The van der Waals surface area contributed by atoms with E-state index in [1.54, 1.807) is 6.33 Å². The minimum Gasteiger partial charge on any atom is -0.347 e. The van der Waals surface area contributed by atoms with Gasteiger partial charge in [-0.05, 0) is 50.1 Å². The lowest BCUT2D eigenvalue weighted by Crippen LogP contribution is -2.15. The van der Waals surface area contributed by atoms with Crippen LogP contribution in [0.3, 0.4) is 0 Å². The Labute approximate surface area is 136 Å². The number of hydrazine groups is 1. The van der Waals surface area contributed by atoms with Crippen LogP contribution in [0.15, 0.2) is 48.8 Å². The quantitative estimate of drug-likeness (QED) is 0.501. The largest absolute Gasteiger partial charge is 0.347 e. The summed E-state index contributed by atoms with van der Waals surface area (Å²) >= 11 is 0. The van der Waals surface area contributed by atoms with Gasteiger partial charge in [0.05, 0.1) is 23.4 Å². The molecule has 5 nitrogen and oxygen atoms in total. The average Bonchev–Trinajstić information content (AvgIpc) is 2.97. The molecule has 3 aromatic rings. The molecule has 5 heteroatoms. The first-order chi connectivity index (χ1) is 11.1. The number of anilines is 4. The summed E-state index contributed by atoms with van der Waals surface area (Å²) in [5.41, 5.74) is 9.10. The molecule has 0 bridgehead atoms. The van der Waals surface area contributed by atoms with Crippen LogP contribution in [0, 0.1) is 20.8 Å². The molecular weight excluding hydrogens is 286 g/mol. The van der Waals surface area contributed by atoms with Crippen LogP contribution >= 0.6 is 0 Å². The summed E-state index contributed by atoms with van der Waals surface area (Å²) in [6.45, 7) is 6.25. The Kier molecular flexibility index (Phi) is 4.04. The second-order valence-electron chi connectivity index (χ2n) is 5.62. The number of aromatic amines is 1. The van der Waals surface area contributed by atoms with Crippen molar-refractivity contribution in [2.45, 2.75) is 20.8 Å². The molecule has 0 unspecified atom stereocenters. The summed E-state index contributed by atoms with van der Waals surface area (Å²) in [4.78, 5) is 9.85. The van der Waals surface area contributed by atoms with Crippen molar-refractivity contribution >= 4 is 22.9 Å². The molecule has 0 aliphatic carbocycles. The number of nitrogens with zero attached hydrogens (tertiary/aromatic N) is 2. The third-order valence-corrected chi connectivity index (χ3v) is 3.95. The van der Waals surface area contributed by atoms with Crippen molar-refractivity contribution in [3.05, 3.63) is 65.6 Å². The lowest BCUT2D eigenvalue weighted by molar-refractivity contribution is 1.15. The van der Waals surface area contributed by atoms with Gasteiger partial charge in [-0.25, -0.2) is 4.98 Å². The number of rotatable bonds is 4. The number of nitrogen functional groups attached to an aromatic ring is 1. The first-order valence-corrected chi connectivity index (χ1v) is 7.55. The van der Waals surface area contributed by atoms with Gasteiger partial charge in [0.1, 0.15) is 0 Å². The van der Waals surface area contributed by atoms with Gasteiger partial charge in [-0.1, -0.05) is 24.3 Å². The second-order valence-corrected chi connectivity index (χ2v) is 5.62. The molecule has 4 N–H and O–H groups in total. The highest BCUT2D eigenvalue weighted by Gasteiger charge is 2.20. The fourth-order valence-electron chi connectivity index (χ4n) is 2.83. The van der Waals surface area contributed by atoms with E-state index in [2.05, 4.69) is 58.4 Å². The highest BCUT2D eigenvalue weighted by atomic mass is 15.2. The number of benzene rings is 2. The number of hydrogen-bond acceptors (Lipinski definition) is 4. The van der Waals surface area contributed by atoms with E-state index in [0.717, 1.165) is 28.6 Å². The van der Waals surface area contributed by atoms with E-state index in [-0.39, 0.29) is 0 Å². The molecule has 0 aliphatic rings. The molecule has 2 aromatic carbocycles. The summed E-state index contributed by atoms with van der Waals surface area (Å²) in [7, 11) is 0. The highest BCUT2D eigenvalue weighted by Crippen LogP contribution is 2.39. The highest BCUT2D eigenvalue weighted by molar-refractivity contribution is 5.80. The van der Waals surface area contributed by atoms with Crippen molar-refractivity contribution in [2.75, 3.05) is 10.3 Å². The standard InChI is InChI=1S/C18H21N5/c1-12-6-4-7-13(2)17(12)23(18-14(3)20-11-21-18)16-9-5-8-15(10-16)22-19/h4-11,22H,19H2,1-3H3,(H,20,21). The lowest BCUT2D eigenvalue weighted by Gasteiger charge is -2.27. The molecule has 1 aromatic heterocycles. The molecular formula is C18H21N5. The maximum Gasteiger partial charge on any atom is 0.158 e. The first kappa shape index (κ1) is 15.1. The van der Waals surface area contributed by atoms with Crippen molar-refractivity contribution < 1.29 is 0 Å². The van der Waals surface area contributed by atoms with E-state index in [9.17, 15) is 0 Å². The number of imidazole rings is 1. The minimum absolute atomic E-state index is 0.854. The summed E-state index contributed by atoms with van der Waals surface area (Å²) in [5.74, 6) is 6.46. The zero-order chi connectivity index (χ0) is 16.4. The normalized spacial score (nSPS) is 10.6. The number of nitrogens with one attached hydrogen (secondary N) is 2. The van der Waals surface area contributed by atoms with Crippen molar-refractivity contribution in [1.82, 2.24) is 9.97 Å². The maximum absolute atomic E-state index is 5.58. The number of aryl methyl sites for hydroxylation is 3. The molecule has 1 heterocycles. The van der Waals surface area contributed by atoms with Crippen LogP contribution in [-0.4, -0.2) is 9.97 Å². The smallest absolute Gasteiger partial charge is 0.158 e. The number of aromatic nitrogens is 2. The summed E-state index contributed by atoms with van der Waals surface area (Å²) in [5, 5.41) is 0. The van der Waals surface area contributed by atoms with E-state index in [0.29, 0.717) is 0 Å². The molecule has 0 amide bonds. The van der Waals surface area contributed by atoms with Crippen molar-refractivity contribution in [2.24, 2.45) is 5.84 Å². The molecule has 23 heavy (non-hydrogen) atoms. The first-order valence-electron chi connectivity index (χ1n) is 7.55. The summed E-state index contributed by atoms with van der Waals surface area (Å²) in [6.07, 6.45) is 1.72. The van der Waals surface area contributed by atoms with Gasteiger partial charge in [-0.15, -0.1) is 0 Å². The number of para-hydroxylation sites is 1. The summed E-state index contributed by atoms with van der Waals surface area (Å²) < 4.78 is 0. The molecule has 0 aliphatic heterocycles. The van der Waals surface area contributed by atoms with Gasteiger partial charge in [0.15, 0.2) is 5.82 Å². The molecule has 0 fully saturated rings. The lowest BCUT2D eigenvalue weighted by atomic mass is 10.1. The Morgan fingerprint density at radius 2 is 1.74 bits per heavy atom. The Bertz CT molecular complexity index is 802. The van der Waals surface area contributed by atoms with Crippen LogP contribution < -0.4 is 16.2 Å². The predicted molar refractivity (Wildman–Crippen MR) is 95.3 cm³/mol. The molecule has 0 saturated heterocycles. The Morgan fingerprint density at radius 3 is 2.35 bits per heavy atom. The van der Waals surface area contributed by atoms with Crippen LogP contribution in [0.1, 0.15) is 16.8 Å². The zero-order valence-corrected chi connectivity index (χ0v) is 13.6. The molecule has 118 valence electrons. The average molecular weight is 307 g/mol. The molecule has 3 rings (SSSR count). The Hall–Kier alpha value is -2.79. The fourth-order valence-corrected chi connectivity index (χ4v) is 2.83. The molecule has 0 radical (unpaired) electrons. The van der Waals surface area contributed by atoms with Gasteiger partial charge in [-0.3, -0.25) is 10.7 Å². The van der Waals surface area contributed by atoms with Gasteiger partial charge in [0, 0.05) is 5.69 Å². The van der Waals surface area contributed by atoms with Crippen LogP contribution in [0.25, 0.3) is 0 Å². The van der Waals surface area contributed by atoms with E-state index >= 15 is 0 Å². The minimum atomic E-state index is 0.854. The van der Waals surface area contributed by atoms with Crippen molar-refractivity contribution in [3.63, 3.8) is 0 Å². The van der Waals surface area contributed by atoms with Gasteiger partial charge < -0.3 is 10.4 Å². The molecule has 0 atom stereocenters.